The summed E-state index contributed by atoms with van der Waals surface area (Å²) >= 11 is 12.3. The van der Waals surface area contributed by atoms with Gasteiger partial charge in [-0.2, -0.15) is 0 Å². The van der Waals surface area contributed by atoms with E-state index in [0.29, 0.717) is 0 Å². The van der Waals surface area contributed by atoms with Crippen LogP contribution in [0, 0.1) is 0 Å². The van der Waals surface area contributed by atoms with Gasteiger partial charge < -0.3 is 4.42 Å². The quantitative estimate of drug-likeness (QED) is 0.619. The molecule has 0 aliphatic rings. The van der Waals surface area contributed by atoms with Gasteiger partial charge in [0.25, 0.3) is 0 Å². The molecule has 0 saturated carbocycles. The molecule has 0 aliphatic heterocycles. The molecule has 0 aromatic carbocycles. The van der Waals surface area contributed by atoms with E-state index in [1.807, 2.05) is 6.07 Å². The summed E-state index contributed by atoms with van der Waals surface area (Å²) in [5.74, 6) is 0. The number of furan rings is 1. The first-order valence-corrected chi connectivity index (χ1v) is 7.11. The number of alkyl halides is 1. The molecule has 5 heteroatoms. The Labute approximate surface area is 111 Å². The Morgan fingerprint density at radius 2 is 2.14 bits per heavy atom. The Morgan fingerprint density at radius 3 is 2.64 bits per heavy atom. The van der Waals surface area contributed by atoms with E-state index in [1.54, 1.807) is 23.9 Å². The molecule has 74 valence electrons. The predicted molar refractivity (Wildman–Crippen MR) is 69.2 cm³/mol. The van der Waals surface area contributed by atoms with Crippen LogP contribution in [0.1, 0.15) is 16.0 Å². The van der Waals surface area contributed by atoms with Crippen LogP contribution in [0.25, 0.3) is 0 Å². The Hall–Kier alpha value is 0.420. The minimum Gasteiger partial charge on any atom is -0.472 e. The normalized spacial score (nSPS) is 13.1. The predicted octanol–water partition coefficient (Wildman–Crippen LogP) is 5.35. The summed E-state index contributed by atoms with van der Waals surface area (Å²) in [6.07, 6.45) is 3.43. The first-order valence-electron chi connectivity index (χ1n) is 3.79. The third-order valence-corrected chi connectivity index (χ3v) is 5.20. The molecule has 0 amide bonds. The molecule has 0 bridgehead atoms. The van der Waals surface area contributed by atoms with Crippen molar-refractivity contribution in [2.24, 2.45) is 0 Å². The van der Waals surface area contributed by atoms with Gasteiger partial charge in [-0.1, -0.05) is 15.9 Å². The highest BCUT2D eigenvalue weighted by Crippen LogP contribution is 2.41. The minimum absolute atomic E-state index is 0.179. The van der Waals surface area contributed by atoms with Crippen molar-refractivity contribution in [1.82, 2.24) is 0 Å². The van der Waals surface area contributed by atoms with Crippen molar-refractivity contribution in [2.45, 2.75) is 4.83 Å². The van der Waals surface area contributed by atoms with Crippen molar-refractivity contribution in [3.05, 3.63) is 43.4 Å². The van der Waals surface area contributed by atoms with Gasteiger partial charge in [0, 0.05) is 5.56 Å². The molecule has 0 fully saturated rings. The molecular weight excluding hydrogens is 396 g/mol. The van der Waals surface area contributed by atoms with Crippen molar-refractivity contribution in [3.63, 3.8) is 0 Å². The fourth-order valence-corrected chi connectivity index (χ4v) is 5.11. The van der Waals surface area contributed by atoms with E-state index >= 15 is 0 Å². The van der Waals surface area contributed by atoms with Crippen molar-refractivity contribution in [3.8, 4) is 0 Å². The van der Waals surface area contributed by atoms with E-state index in [9.17, 15) is 0 Å². The van der Waals surface area contributed by atoms with Crippen LogP contribution in [0.15, 0.2) is 36.6 Å². The zero-order valence-corrected chi connectivity index (χ0v) is 12.4. The Bertz CT molecular complexity index is 421. The zero-order chi connectivity index (χ0) is 10.1. The lowest BCUT2D eigenvalue weighted by molar-refractivity contribution is 0.564. The van der Waals surface area contributed by atoms with E-state index in [4.69, 9.17) is 4.42 Å². The van der Waals surface area contributed by atoms with Crippen LogP contribution in [0.3, 0.4) is 0 Å². The lowest BCUT2D eigenvalue weighted by Gasteiger charge is -2.04. The van der Waals surface area contributed by atoms with E-state index < -0.39 is 0 Å². The third kappa shape index (κ3) is 2.15. The number of halogens is 3. The zero-order valence-electron chi connectivity index (χ0n) is 6.84. The van der Waals surface area contributed by atoms with Gasteiger partial charge in [-0.3, -0.25) is 0 Å². The number of rotatable bonds is 2. The molecular formula is C9H5Br3OS. The van der Waals surface area contributed by atoms with E-state index in [-0.39, 0.29) is 4.83 Å². The van der Waals surface area contributed by atoms with Crippen LogP contribution >= 0.6 is 59.1 Å². The van der Waals surface area contributed by atoms with Gasteiger partial charge in [0.15, 0.2) is 0 Å². The van der Waals surface area contributed by atoms with Gasteiger partial charge in [0.05, 0.1) is 24.9 Å². The molecule has 0 spiro atoms. The molecule has 1 unspecified atom stereocenters. The van der Waals surface area contributed by atoms with Crippen LogP contribution in [0.5, 0.6) is 0 Å². The Kier molecular flexibility index (Phi) is 3.52. The largest absolute Gasteiger partial charge is 0.472 e. The highest BCUT2D eigenvalue weighted by Gasteiger charge is 2.16. The molecule has 0 radical (unpaired) electrons. The van der Waals surface area contributed by atoms with Crippen LogP contribution in [0.4, 0.5) is 0 Å². The highest BCUT2D eigenvalue weighted by atomic mass is 79.9. The van der Waals surface area contributed by atoms with E-state index in [1.165, 1.54) is 5.56 Å². The second kappa shape index (κ2) is 4.51. The van der Waals surface area contributed by atoms with Crippen LogP contribution in [0.2, 0.25) is 0 Å². The molecule has 0 aliphatic carbocycles. The molecule has 1 atom stereocenters. The summed E-state index contributed by atoms with van der Waals surface area (Å²) in [5, 5.41) is 0. The standard InChI is InChI=1S/C9H5Br3OS/c10-7-3-6(9(12)14-7)8(11)5-1-2-13-4-5/h1-4,8H. The molecule has 14 heavy (non-hydrogen) atoms. The highest BCUT2D eigenvalue weighted by molar-refractivity contribution is 9.12. The molecule has 1 nitrogen and oxygen atoms in total. The second-order valence-corrected chi connectivity index (χ2v) is 7.36. The maximum absolute atomic E-state index is 5.05. The lowest BCUT2D eigenvalue weighted by atomic mass is 10.1. The van der Waals surface area contributed by atoms with E-state index in [2.05, 4.69) is 53.9 Å². The van der Waals surface area contributed by atoms with Crippen LogP contribution < -0.4 is 0 Å². The third-order valence-electron chi connectivity index (χ3n) is 1.79. The Balaban J connectivity index is 2.36. The van der Waals surface area contributed by atoms with Crippen LogP contribution in [-0.4, -0.2) is 0 Å². The number of hydrogen-bond acceptors (Lipinski definition) is 2. The van der Waals surface area contributed by atoms with Crippen molar-refractivity contribution < 1.29 is 4.42 Å². The average molecular weight is 401 g/mol. The summed E-state index contributed by atoms with van der Waals surface area (Å²) in [7, 11) is 0. The average Bonchev–Trinajstić information content (AvgIpc) is 2.73. The van der Waals surface area contributed by atoms with Gasteiger partial charge >= 0.3 is 0 Å². The van der Waals surface area contributed by atoms with Crippen molar-refractivity contribution >= 4 is 59.1 Å². The van der Waals surface area contributed by atoms with Gasteiger partial charge in [-0.05, 0) is 49.6 Å². The summed E-state index contributed by atoms with van der Waals surface area (Å²) in [6.45, 7) is 0. The maximum Gasteiger partial charge on any atom is 0.0949 e. The summed E-state index contributed by atoms with van der Waals surface area (Å²) in [6, 6.07) is 4.05. The monoisotopic (exact) mass is 398 g/mol. The summed E-state index contributed by atoms with van der Waals surface area (Å²) in [4.78, 5) is 0.179. The molecule has 0 N–H and O–H groups in total. The smallest absolute Gasteiger partial charge is 0.0949 e. The molecule has 2 rings (SSSR count). The van der Waals surface area contributed by atoms with Gasteiger partial charge in [-0.25, -0.2) is 0 Å². The molecule has 2 heterocycles. The summed E-state index contributed by atoms with van der Waals surface area (Å²) < 4.78 is 7.30. The first kappa shape index (κ1) is 10.9. The SMILES string of the molecule is Brc1cc(C(Br)c2ccoc2)c(Br)s1. The van der Waals surface area contributed by atoms with E-state index in [0.717, 1.165) is 13.1 Å². The topological polar surface area (TPSA) is 13.1 Å². The van der Waals surface area contributed by atoms with Crippen LogP contribution in [-0.2, 0) is 0 Å². The molecule has 2 aromatic heterocycles. The fraction of sp³-hybridized carbons (Fsp3) is 0.111. The second-order valence-electron chi connectivity index (χ2n) is 2.70. The maximum atomic E-state index is 5.05. The molecule has 0 saturated heterocycles. The lowest BCUT2D eigenvalue weighted by Crippen LogP contribution is -1.87. The minimum atomic E-state index is 0.179. The van der Waals surface area contributed by atoms with Gasteiger partial charge in [-0.15, -0.1) is 11.3 Å². The van der Waals surface area contributed by atoms with Gasteiger partial charge in [0.1, 0.15) is 0 Å². The van der Waals surface area contributed by atoms with Crippen molar-refractivity contribution in [2.75, 3.05) is 0 Å². The molecule has 2 aromatic rings. The number of thiophene rings is 1. The van der Waals surface area contributed by atoms with Gasteiger partial charge in [0.2, 0.25) is 0 Å². The first-order chi connectivity index (χ1) is 6.68. The fourth-order valence-electron chi connectivity index (χ4n) is 1.12. The Morgan fingerprint density at radius 1 is 1.36 bits per heavy atom. The summed E-state index contributed by atoms with van der Waals surface area (Å²) in [5.41, 5.74) is 2.33. The number of hydrogen-bond donors (Lipinski definition) is 0. The van der Waals surface area contributed by atoms with Crippen molar-refractivity contribution in [1.29, 1.82) is 0 Å².